The van der Waals surface area contributed by atoms with Crippen LogP contribution >= 0.6 is 0 Å². The summed E-state index contributed by atoms with van der Waals surface area (Å²) >= 11 is 0. The van der Waals surface area contributed by atoms with Crippen LogP contribution in [0.5, 0.6) is 5.75 Å². The maximum atomic E-state index is 13.1. The lowest BCUT2D eigenvalue weighted by molar-refractivity contribution is 0.431. The lowest BCUT2D eigenvalue weighted by Gasteiger charge is -2.13. The second-order valence-electron chi connectivity index (χ2n) is 4.14. The summed E-state index contributed by atoms with van der Waals surface area (Å²) in [5, 5.41) is 12.3. The number of benzene rings is 1. The predicted octanol–water partition coefficient (Wildman–Crippen LogP) is 2.78. The molecule has 0 aliphatic heterocycles. The first-order chi connectivity index (χ1) is 8.66. The van der Waals surface area contributed by atoms with Crippen molar-refractivity contribution in [3.63, 3.8) is 0 Å². The average molecular weight is 246 g/mol. The van der Waals surface area contributed by atoms with E-state index in [9.17, 15) is 4.39 Å². The van der Waals surface area contributed by atoms with E-state index < -0.39 is 5.82 Å². The van der Waals surface area contributed by atoms with Gasteiger partial charge in [-0.1, -0.05) is 12.1 Å². The van der Waals surface area contributed by atoms with Gasteiger partial charge in [-0.15, -0.1) is 0 Å². The molecule has 94 valence electrons. The zero-order chi connectivity index (χ0) is 13.0. The lowest BCUT2D eigenvalue weighted by Crippen LogP contribution is -2.19. The minimum absolute atomic E-state index is 0.0862. The molecule has 1 atom stereocenters. The lowest BCUT2D eigenvalue weighted by atomic mass is 10.1. The van der Waals surface area contributed by atoms with Crippen LogP contribution in [0.4, 0.5) is 4.39 Å². The van der Waals surface area contributed by atoms with E-state index in [-0.39, 0.29) is 11.8 Å². The third-order valence-corrected chi connectivity index (χ3v) is 2.76. The molecule has 0 bridgehead atoms. The third-order valence-electron chi connectivity index (χ3n) is 2.76. The highest BCUT2D eigenvalue weighted by Gasteiger charge is 2.06. The maximum absolute atomic E-state index is 13.1. The number of hydrogen-bond donors (Lipinski definition) is 2. The summed E-state index contributed by atoms with van der Waals surface area (Å²) in [5.74, 6) is -0.920. The summed E-state index contributed by atoms with van der Waals surface area (Å²) in [6, 6.07) is 10.2. The number of phenols is 1. The van der Waals surface area contributed by atoms with Crippen LogP contribution in [-0.4, -0.2) is 10.1 Å². The Hall–Kier alpha value is -1.94. The summed E-state index contributed by atoms with van der Waals surface area (Å²) in [7, 11) is 0. The van der Waals surface area contributed by atoms with Crippen LogP contribution in [0, 0.1) is 5.82 Å². The predicted molar refractivity (Wildman–Crippen MR) is 67.6 cm³/mol. The monoisotopic (exact) mass is 246 g/mol. The van der Waals surface area contributed by atoms with Gasteiger partial charge in [0.1, 0.15) is 0 Å². The van der Waals surface area contributed by atoms with Crippen LogP contribution in [0.1, 0.15) is 24.2 Å². The van der Waals surface area contributed by atoms with Gasteiger partial charge >= 0.3 is 0 Å². The Labute approximate surface area is 105 Å². The zero-order valence-corrected chi connectivity index (χ0v) is 10.1. The van der Waals surface area contributed by atoms with E-state index in [1.165, 1.54) is 12.1 Å². The summed E-state index contributed by atoms with van der Waals surface area (Å²) in [4.78, 5) is 4.25. The Morgan fingerprint density at radius 3 is 2.83 bits per heavy atom. The van der Waals surface area contributed by atoms with Crippen LogP contribution in [-0.2, 0) is 6.54 Å². The zero-order valence-electron chi connectivity index (χ0n) is 10.1. The smallest absolute Gasteiger partial charge is 0.165 e. The second-order valence-corrected chi connectivity index (χ2v) is 4.14. The molecule has 0 saturated heterocycles. The molecule has 2 N–H and O–H groups in total. The number of pyridine rings is 1. The van der Waals surface area contributed by atoms with Gasteiger partial charge in [0.25, 0.3) is 0 Å². The van der Waals surface area contributed by atoms with Gasteiger partial charge in [0, 0.05) is 18.8 Å². The molecule has 18 heavy (non-hydrogen) atoms. The SMILES string of the molecule is C[C@H](NCc1ccc(O)c(F)c1)c1ccccn1. The number of nitrogens with one attached hydrogen (secondary N) is 1. The summed E-state index contributed by atoms with van der Waals surface area (Å²) in [6.07, 6.45) is 1.74. The molecule has 4 heteroatoms. The van der Waals surface area contributed by atoms with Crippen LogP contribution in [0.15, 0.2) is 42.6 Å². The fourth-order valence-electron chi connectivity index (χ4n) is 1.67. The first kappa shape index (κ1) is 12.5. The van der Waals surface area contributed by atoms with Gasteiger partial charge < -0.3 is 10.4 Å². The molecule has 3 nitrogen and oxygen atoms in total. The van der Waals surface area contributed by atoms with Gasteiger partial charge in [0.2, 0.25) is 0 Å². The van der Waals surface area contributed by atoms with Crippen molar-refractivity contribution in [1.29, 1.82) is 0 Å². The molecule has 0 fully saturated rings. The van der Waals surface area contributed by atoms with Crippen molar-refractivity contribution >= 4 is 0 Å². The molecular weight excluding hydrogens is 231 g/mol. The molecule has 1 heterocycles. The summed E-state index contributed by atoms with van der Waals surface area (Å²) < 4.78 is 13.1. The van der Waals surface area contributed by atoms with Crippen molar-refractivity contribution in [2.75, 3.05) is 0 Å². The van der Waals surface area contributed by atoms with Gasteiger partial charge in [-0.3, -0.25) is 4.98 Å². The first-order valence-corrected chi connectivity index (χ1v) is 5.78. The Kier molecular flexibility index (Phi) is 3.89. The Bertz CT molecular complexity index is 516. The Morgan fingerprint density at radius 2 is 2.17 bits per heavy atom. The van der Waals surface area contributed by atoms with Crippen molar-refractivity contribution in [2.24, 2.45) is 0 Å². The maximum Gasteiger partial charge on any atom is 0.165 e. The van der Waals surface area contributed by atoms with Gasteiger partial charge in [0.05, 0.1) is 5.69 Å². The van der Waals surface area contributed by atoms with E-state index in [2.05, 4.69) is 10.3 Å². The van der Waals surface area contributed by atoms with Crippen molar-refractivity contribution in [3.05, 3.63) is 59.7 Å². The molecule has 0 radical (unpaired) electrons. The third kappa shape index (κ3) is 3.05. The molecule has 0 amide bonds. The van der Waals surface area contributed by atoms with Crippen LogP contribution in [0.3, 0.4) is 0 Å². The average Bonchev–Trinajstić information content (AvgIpc) is 2.41. The van der Waals surface area contributed by atoms with E-state index in [1.54, 1.807) is 12.3 Å². The number of phenolic OH excluding ortho intramolecular Hbond substituents is 1. The molecule has 0 spiro atoms. The largest absolute Gasteiger partial charge is 0.505 e. The topological polar surface area (TPSA) is 45.1 Å². The Morgan fingerprint density at radius 1 is 1.33 bits per heavy atom. The van der Waals surface area contributed by atoms with E-state index in [4.69, 9.17) is 5.11 Å². The second kappa shape index (κ2) is 5.60. The van der Waals surface area contributed by atoms with E-state index in [0.29, 0.717) is 6.54 Å². The quantitative estimate of drug-likeness (QED) is 0.872. The van der Waals surface area contributed by atoms with Crippen molar-refractivity contribution in [1.82, 2.24) is 10.3 Å². The van der Waals surface area contributed by atoms with Gasteiger partial charge in [0.15, 0.2) is 11.6 Å². The van der Waals surface area contributed by atoms with Gasteiger partial charge in [-0.05, 0) is 36.8 Å². The number of aromatic nitrogens is 1. The number of halogens is 1. The van der Waals surface area contributed by atoms with Crippen LogP contribution in [0.2, 0.25) is 0 Å². The Balaban J connectivity index is 1.97. The minimum Gasteiger partial charge on any atom is -0.505 e. The highest BCUT2D eigenvalue weighted by atomic mass is 19.1. The molecular formula is C14H15FN2O. The highest BCUT2D eigenvalue weighted by molar-refractivity contribution is 5.28. The number of nitrogens with zero attached hydrogens (tertiary/aromatic N) is 1. The first-order valence-electron chi connectivity index (χ1n) is 5.78. The van der Waals surface area contributed by atoms with Crippen LogP contribution in [0.25, 0.3) is 0 Å². The van der Waals surface area contributed by atoms with Gasteiger partial charge in [-0.2, -0.15) is 0 Å². The molecule has 2 aromatic rings. The molecule has 0 aliphatic rings. The summed E-state index contributed by atoms with van der Waals surface area (Å²) in [6.45, 7) is 2.52. The van der Waals surface area contributed by atoms with E-state index in [1.807, 2.05) is 25.1 Å². The fraction of sp³-hybridized carbons (Fsp3) is 0.214. The van der Waals surface area contributed by atoms with Crippen molar-refractivity contribution < 1.29 is 9.50 Å². The molecule has 0 aliphatic carbocycles. The molecule has 0 unspecified atom stereocenters. The molecule has 2 rings (SSSR count). The molecule has 1 aromatic carbocycles. The minimum atomic E-state index is -0.597. The van der Waals surface area contributed by atoms with E-state index >= 15 is 0 Å². The molecule has 1 aromatic heterocycles. The fourth-order valence-corrected chi connectivity index (χ4v) is 1.67. The summed E-state index contributed by atoms with van der Waals surface area (Å²) in [5.41, 5.74) is 1.73. The molecule has 0 saturated carbocycles. The van der Waals surface area contributed by atoms with E-state index in [0.717, 1.165) is 11.3 Å². The van der Waals surface area contributed by atoms with Crippen LogP contribution < -0.4 is 5.32 Å². The standard InChI is InChI=1S/C14H15FN2O/c1-10(13-4-2-3-7-16-13)17-9-11-5-6-14(18)12(15)8-11/h2-8,10,17-18H,9H2,1H3/t10-/m0/s1. The normalized spacial score (nSPS) is 12.3. The number of hydrogen-bond acceptors (Lipinski definition) is 3. The van der Waals surface area contributed by atoms with Gasteiger partial charge in [-0.25, -0.2) is 4.39 Å². The van der Waals surface area contributed by atoms with Crippen molar-refractivity contribution in [2.45, 2.75) is 19.5 Å². The highest BCUT2D eigenvalue weighted by Crippen LogP contribution is 2.17. The number of aromatic hydroxyl groups is 1. The van der Waals surface area contributed by atoms with Crippen molar-refractivity contribution in [3.8, 4) is 5.75 Å². The number of rotatable bonds is 4.